The number of sulfonamides is 1. The van der Waals surface area contributed by atoms with E-state index < -0.39 is 40.3 Å². The Hall–Kier alpha value is -3.53. The van der Waals surface area contributed by atoms with Crippen LogP contribution in [0.3, 0.4) is 0 Å². The average molecular weight is 546 g/mol. The van der Waals surface area contributed by atoms with Crippen LogP contribution in [0, 0.1) is 6.92 Å². The first-order chi connectivity index (χ1) is 17.9. The van der Waals surface area contributed by atoms with Gasteiger partial charge in [0.15, 0.2) is 0 Å². The Labute approximate surface area is 221 Å². The van der Waals surface area contributed by atoms with Crippen molar-refractivity contribution in [3.8, 4) is 0 Å². The fourth-order valence-corrected chi connectivity index (χ4v) is 5.85. The molecule has 1 aliphatic rings. The Kier molecular flexibility index (Phi) is 8.01. The van der Waals surface area contributed by atoms with Crippen LogP contribution in [0.4, 0.5) is 24.5 Å². The summed E-state index contributed by atoms with van der Waals surface area (Å²) in [6.45, 7) is 4.88. The maximum atomic E-state index is 13.5. The van der Waals surface area contributed by atoms with E-state index in [0.29, 0.717) is 4.31 Å². The standard InChI is InChI=1S/C28H30F3N3O3S/c1-20-8-14-26(15-9-20)38(36,37)34(25-7-5-6-23(18-25)28(29,30)31)19-27(35)32-21(2)22-10-12-24(13-11-22)33-16-3-4-17-33/h5-15,18,21H,3-4,16-17,19H2,1-2H3,(H,32,35). The van der Waals surface area contributed by atoms with Crippen LogP contribution >= 0.6 is 0 Å². The lowest BCUT2D eigenvalue weighted by atomic mass is 10.1. The van der Waals surface area contributed by atoms with E-state index in [1.165, 1.54) is 18.2 Å². The van der Waals surface area contributed by atoms with Gasteiger partial charge in [-0.25, -0.2) is 8.42 Å². The third-order valence-corrected chi connectivity index (χ3v) is 8.39. The van der Waals surface area contributed by atoms with Gasteiger partial charge in [-0.3, -0.25) is 9.10 Å². The molecule has 0 radical (unpaired) electrons. The predicted molar refractivity (Wildman–Crippen MR) is 142 cm³/mol. The van der Waals surface area contributed by atoms with Crippen molar-refractivity contribution >= 4 is 27.3 Å². The summed E-state index contributed by atoms with van der Waals surface area (Å²) >= 11 is 0. The number of benzene rings is 3. The average Bonchev–Trinajstić information content (AvgIpc) is 3.42. The second-order valence-corrected chi connectivity index (χ2v) is 11.3. The third-order valence-electron chi connectivity index (χ3n) is 6.60. The molecule has 0 bridgehead atoms. The molecule has 1 amide bonds. The van der Waals surface area contributed by atoms with E-state index in [1.54, 1.807) is 26.0 Å². The van der Waals surface area contributed by atoms with Crippen LogP contribution < -0.4 is 14.5 Å². The molecule has 202 valence electrons. The molecule has 0 saturated carbocycles. The summed E-state index contributed by atoms with van der Waals surface area (Å²) in [5.74, 6) is -0.644. The molecule has 38 heavy (non-hydrogen) atoms. The largest absolute Gasteiger partial charge is 0.416 e. The summed E-state index contributed by atoms with van der Waals surface area (Å²) in [5, 5.41) is 2.78. The van der Waals surface area contributed by atoms with Crippen molar-refractivity contribution in [2.45, 2.75) is 43.8 Å². The van der Waals surface area contributed by atoms with E-state index in [4.69, 9.17) is 0 Å². The van der Waals surface area contributed by atoms with Crippen LogP contribution in [0.5, 0.6) is 0 Å². The molecule has 0 aromatic heterocycles. The number of carbonyl (C=O) groups is 1. The molecule has 1 saturated heterocycles. The van der Waals surface area contributed by atoms with Gasteiger partial charge in [-0.05, 0) is 74.7 Å². The van der Waals surface area contributed by atoms with Gasteiger partial charge in [-0.15, -0.1) is 0 Å². The zero-order valence-electron chi connectivity index (χ0n) is 21.2. The molecule has 4 rings (SSSR count). The highest BCUT2D eigenvalue weighted by Gasteiger charge is 2.33. The molecular formula is C28H30F3N3O3S. The van der Waals surface area contributed by atoms with Gasteiger partial charge in [-0.2, -0.15) is 13.2 Å². The van der Waals surface area contributed by atoms with Crippen LogP contribution in [-0.4, -0.2) is 34.0 Å². The number of nitrogens with zero attached hydrogens (tertiary/aromatic N) is 2. The summed E-state index contributed by atoms with van der Waals surface area (Å²) in [4.78, 5) is 15.2. The van der Waals surface area contributed by atoms with Gasteiger partial charge < -0.3 is 10.2 Å². The highest BCUT2D eigenvalue weighted by atomic mass is 32.2. The number of anilines is 2. The van der Waals surface area contributed by atoms with Crippen molar-refractivity contribution in [3.05, 3.63) is 89.5 Å². The van der Waals surface area contributed by atoms with Gasteiger partial charge in [0.05, 0.1) is 22.2 Å². The number of halogens is 3. The minimum absolute atomic E-state index is 0.126. The van der Waals surface area contributed by atoms with E-state index in [2.05, 4.69) is 10.2 Å². The molecule has 3 aromatic rings. The second kappa shape index (κ2) is 11.1. The fourth-order valence-electron chi connectivity index (χ4n) is 4.44. The molecule has 1 fully saturated rings. The van der Waals surface area contributed by atoms with Crippen molar-refractivity contribution in [1.29, 1.82) is 0 Å². The second-order valence-electron chi connectivity index (χ2n) is 9.45. The van der Waals surface area contributed by atoms with Crippen molar-refractivity contribution in [1.82, 2.24) is 5.32 Å². The van der Waals surface area contributed by atoms with Crippen molar-refractivity contribution in [2.24, 2.45) is 0 Å². The number of amides is 1. The first-order valence-corrected chi connectivity index (χ1v) is 13.8. The fraction of sp³-hybridized carbons (Fsp3) is 0.321. The number of hydrogen-bond donors (Lipinski definition) is 1. The maximum Gasteiger partial charge on any atom is 0.416 e. The predicted octanol–water partition coefficient (Wildman–Crippen LogP) is 5.69. The van der Waals surface area contributed by atoms with Gasteiger partial charge in [0.2, 0.25) is 5.91 Å². The molecule has 10 heteroatoms. The minimum atomic E-state index is -4.67. The van der Waals surface area contributed by atoms with Crippen molar-refractivity contribution in [2.75, 3.05) is 28.8 Å². The zero-order chi connectivity index (χ0) is 27.5. The smallest absolute Gasteiger partial charge is 0.372 e. The lowest BCUT2D eigenvalue weighted by Gasteiger charge is -2.26. The van der Waals surface area contributed by atoms with Crippen LogP contribution in [0.15, 0.2) is 77.7 Å². The topological polar surface area (TPSA) is 69.7 Å². The van der Waals surface area contributed by atoms with E-state index in [0.717, 1.165) is 60.9 Å². The molecule has 0 aliphatic carbocycles. The Morgan fingerprint density at radius 3 is 2.24 bits per heavy atom. The molecule has 6 nitrogen and oxygen atoms in total. The maximum absolute atomic E-state index is 13.5. The monoisotopic (exact) mass is 545 g/mol. The van der Waals surface area contributed by atoms with Crippen LogP contribution in [0.25, 0.3) is 0 Å². The number of rotatable bonds is 8. The summed E-state index contributed by atoms with van der Waals surface area (Å²) in [7, 11) is -4.34. The number of aryl methyl sites for hydroxylation is 1. The van der Waals surface area contributed by atoms with Gasteiger partial charge in [0.25, 0.3) is 10.0 Å². The Morgan fingerprint density at radius 2 is 1.63 bits per heavy atom. The van der Waals surface area contributed by atoms with Gasteiger partial charge in [0.1, 0.15) is 6.54 Å². The van der Waals surface area contributed by atoms with E-state index >= 15 is 0 Å². The molecule has 1 aliphatic heterocycles. The Balaban J connectivity index is 1.57. The highest BCUT2D eigenvalue weighted by molar-refractivity contribution is 7.92. The lowest BCUT2D eigenvalue weighted by molar-refractivity contribution is -0.137. The van der Waals surface area contributed by atoms with E-state index in [-0.39, 0.29) is 10.6 Å². The summed E-state index contributed by atoms with van der Waals surface area (Å²) < 4.78 is 67.9. The first kappa shape index (κ1) is 27.5. The molecular weight excluding hydrogens is 515 g/mol. The minimum Gasteiger partial charge on any atom is -0.372 e. The first-order valence-electron chi connectivity index (χ1n) is 12.4. The van der Waals surface area contributed by atoms with Crippen LogP contribution in [-0.2, 0) is 21.0 Å². The van der Waals surface area contributed by atoms with E-state index in [1.807, 2.05) is 24.3 Å². The summed E-state index contributed by atoms with van der Waals surface area (Å²) in [5.41, 5.74) is 1.49. The van der Waals surface area contributed by atoms with Gasteiger partial charge in [-0.1, -0.05) is 35.9 Å². The molecule has 1 N–H and O–H groups in total. The third kappa shape index (κ3) is 6.30. The normalized spacial score (nSPS) is 14.8. The molecule has 1 atom stereocenters. The lowest BCUT2D eigenvalue weighted by Crippen LogP contribution is -2.41. The molecule has 1 unspecified atom stereocenters. The van der Waals surface area contributed by atoms with Crippen molar-refractivity contribution in [3.63, 3.8) is 0 Å². The Bertz CT molecular complexity index is 1370. The number of hydrogen-bond acceptors (Lipinski definition) is 4. The van der Waals surface area contributed by atoms with Gasteiger partial charge >= 0.3 is 6.18 Å². The Morgan fingerprint density at radius 1 is 1.00 bits per heavy atom. The van der Waals surface area contributed by atoms with Gasteiger partial charge in [0, 0.05) is 18.8 Å². The number of alkyl halides is 3. The molecule has 3 aromatic carbocycles. The number of nitrogens with one attached hydrogen (secondary N) is 1. The molecule has 1 heterocycles. The summed E-state index contributed by atoms with van der Waals surface area (Å²) in [6.07, 6.45) is -2.36. The summed E-state index contributed by atoms with van der Waals surface area (Å²) in [6, 6.07) is 17.2. The SMILES string of the molecule is Cc1ccc(S(=O)(=O)N(CC(=O)NC(C)c2ccc(N3CCCC3)cc2)c2cccc(C(F)(F)F)c2)cc1. The quantitative estimate of drug-likeness (QED) is 0.395. The molecule has 0 spiro atoms. The van der Waals surface area contributed by atoms with Crippen LogP contribution in [0.1, 0.15) is 42.5 Å². The highest BCUT2D eigenvalue weighted by Crippen LogP contribution is 2.33. The van der Waals surface area contributed by atoms with Crippen LogP contribution in [0.2, 0.25) is 0 Å². The van der Waals surface area contributed by atoms with E-state index in [9.17, 15) is 26.4 Å². The number of carbonyl (C=O) groups excluding carboxylic acids is 1. The zero-order valence-corrected chi connectivity index (χ0v) is 22.0. The van der Waals surface area contributed by atoms with Crippen molar-refractivity contribution < 1.29 is 26.4 Å².